The van der Waals surface area contributed by atoms with Crippen molar-refractivity contribution < 1.29 is 14.3 Å². The van der Waals surface area contributed by atoms with Gasteiger partial charge in [0.05, 0.1) is 18.0 Å². The largest absolute Gasteiger partial charge is 0.486 e. The van der Waals surface area contributed by atoms with E-state index in [0.29, 0.717) is 47.7 Å². The van der Waals surface area contributed by atoms with E-state index in [9.17, 15) is 9.59 Å². The highest BCUT2D eigenvalue weighted by Crippen LogP contribution is 2.35. The van der Waals surface area contributed by atoms with Crippen molar-refractivity contribution in [2.24, 2.45) is 0 Å². The molecule has 2 aromatic carbocycles. The van der Waals surface area contributed by atoms with E-state index in [2.05, 4.69) is 5.10 Å². The number of ether oxygens (including phenoxy) is 2. The molecule has 0 atom stereocenters. The number of thiophene rings is 1. The van der Waals surface area contributed by atoms with Gasteiger partial charge in [-0.25, -0.2) is 4.68 Å². The quantitative estimate of drug-likeness (QED) is 0.432. The van der Waals surface area contributed by atoms with Gasteiger partial charge in [-0.05, 0) is 43.5 Å². The molecule has 0 radical (unpaired) electrons. The van der Waals surface area contributed by atoms with Crippen LogP contribution in [0.2, 0.25) is 0 Å². The highest BCUT2D eigenvalue weighted by Gasteiger charge is 2.26. The predicted molar refractivity (Wildman–Crippen MR) is 129 cm³/mol. The van der Waals surface area contributed by atoms with Gasteiger partial charge in [0.2, 0.25) is 0 Å². The number of carbonyl (C=O) groups is 1. The van der Waals surface area contributed by atoms with Gasteiger partial charge in [-0.15, -0.1) is 11.3 Å². The van der Waals surface area contributed by atoms with Gasteiger partial charge < -0.3 is 14.4 Å². The molecule has 33 heavy (non-hydrogen) atoms. The number of carbonyl (C=O) groups excluding carboxylic acids is 1. The van der Waals surface area contributed by atoms with Gasteiger partial charge in [0, 0.05) is 22.0 Å². The van der Waals surface area contributed by atoms with E-state index in [1.165, 1.54) is 4.68 Å². The number of nitrogens with zero attached hydrogens (tertiary/aromatic N) is 3. The molecule has 0 saturated carbocycles. The average Bonchev–Trinajstić information content (AvgIpc) is 3.35. The van der Waals surface area contributed by atoms with Crippen LogP contribution in [-0.2, 0) is 6.54 Å². The summed E-state index contributed by atoms with van der Waals surface area (Å²) in [6, 6.07) is 16.4. The fourth-order valence-corrected chi connectivity index (χ4v) is 4.57. The van der Waals surface area contributed by atoms with Crippen LogP contribution in [0.5, 0.6) is 11.5 Å². The number of benzene rings is 2. The van der Waals surface area contributed by atoms with E-state index >= 15 is 0 Å². The second-order valence-corrected chi connectivity index (χ2v) is 9.07. The number of amides is 1. The topological polar surface area (TPSA) is 73.7 Å². The number of fused-ring (bicyclic) bond motifs is 2. The van der Waals surface area contributed by atoms with E-state index in [4.69, 9.17) is 9.47 Å². The highest BCUT2D eigenvalue weighted by molar-refractivity contribution is 7.09. The zero-order valence-corrected chi connectivity index (χ0v) is 19.2. The summed E-state index contributed by atoms with van der Waals surface area (Å²) in [7, 11) is 0. The van der Waals surface area contributed by atoms with Crippen molar-refractivity contribution in [2.75, 3.05) is 18.1 Å². The summed E-state index contributed by atoms with van der Waals surface area (Å²) in [5.41, 5.74) is 0.706. The van der Waals surface area contributed by atoms with Crippen LogP contribution in [0.1, 0.15) is 35.3 Å². The Bertz CT molecular complexity index is 1380. The third-order valence-corrected chi connectivity index (χ3v) is 6.36. The van der Waals surface area contributed by atoms with Crippen LogP contribution in [0.4, 0.5) is 5.69 Å². The molecule has 1 amide bonds. The Labute approximate surface area is 194 Å². The Hall–Kier alpha value is -3.65. The van der Waals surface area contributed by atoms with E-state index in [0.717, 1.165) is 4.88 Å². The first-order valence-electron chi connectivity index (χ1n) is 10.8. The summed E-state index contributed by atoms with van der Waals surface area (Å²) in [5, 5.41) is 7.52. The van der Waals surface area contributed by atoms with Crippen molar-refractivity contribution in [3.8, 4) is 11.5 Å². The van der Waals surface area contributed by atoms with Gasteiger partial charge in [-0.1, -0.05) is 24.3 Å². The number of hydrogen-bond donors (Lipinski definition) is 0. The molecule has 7 nitrogen and oxygen atoms in total. The van der Waals surface area contributed by atoms with Crippen LogP contribution in [0.15, 0.2) is 64.8 Å². The van der Waals surface area contributed by atoms with Gasteiger partial charge in [-0.2, -0.15) is 5.10 Å². The molecule has 0 bridgehead atoms. The second-order valence-electron chi connectivity index (χ2n) is 8.04. The molecule has 4 aromatic rings. The Kier molecular flexibility index (Phi) is 5.60. The van der Waals surface area contributed by atoms with Crippen LogP contribution in [0, 0.1) is 0 Å². The SMILES string of the molecule is CC(C)n1nc(C(=O)N(Cc2cccs2)c2ccc3c(c2)OCCO3)c2ccccc2c1=O. The molecule has 5 rings (SSSR count). The van der Waals surface area contributed by atoms with Crippen LogP contribution in [0.3, 0.4) is 0 Å². The van der Waals surface area contributed by atoms with Crippen LogP contribution in [0.25, 0.3) is 10.8 Å². The lowest BCUT2D eigenvalue weighted by Crippen LogP contribution is -2.34. The first-order chi connectivity index (χ1) is 16.0. The molecule has 0 spiro atoms. The molecule has 168 valence electrons. The zero-order chi connectivity index (χ0) is 22.9. The summed E-state index contributed by atoms with van der Waals surface area (Å²) in [5.74, 6) is 0.976. The molecule has 2 aromatic heterocycles. The van der Waals surface area contributed by atoms with E-state index in [1.54, 1.807) is 34.4 Å². The van der Waals surface area contributed by atoms with E-state index in [1.807, 2.05) is 55.6 Å². The molecular weight excluding hydrogens is 438 g/mol. The standard InChI is InChI=1S/C25H23N3O4S/c1-16(2)28-24(29)20-8-4-3-7-19(20)23(26-28)25(30)27(15-18-6-5-13-33-18)17-9-10-21-22(14-17)32-12-11-31-21/h3-10,13-14,16H,11-12,15H2,1-2H3. The van der Waals surface area contributed by atoms with Gasteiger partial charge in [0.1, 0.15) is 13.2 Å². The molecule has 0 saturated heterocycles. The first-order valence-corrected chi connectivity index (χ1v) is 11.7. The third-order valence-electron chi connectivity index (χ3n) is 5.50. The Morgan fingerprint density at radius 2 is 1.82 bits per heavy atom. The van der Waals surface area contributed by atoms with Crippen molar-refractivity contribution in [1.29, 1.82) is 0 Å². The van der Waals surface area contributed by atoms with Crippen molar-refractivity contribution in [3.05, 3.63) is 80.9 Å². The highest BCUT2D eigenvalue weighted by atomic mass is 32.1. The Morgan fingerprint density at radius 3 is 2.55 bits per heavy atom. The summed E-state index contributed by atoms with van der Waals surface area (Å²) in [4.78, 5) is 29.7. The van der Waals surface area contributed by atoms with E-state index in [-0.39, 0.29) is 23.2 Å². The van der Waals surface area contributed by atoms with Crippen LogP contribution < -0.4 is 19.9 Å². The lowest BCUT2D eigenvalue weighted by molar-refractivity contribution is 0.0979. The molecule has 3 heterocycles. The Balaban J connectivity index is 1.66. The van der Waals surface area contributed by atoms with Crippen LogP contribution in [-0.4, -0.2) is 28.9 Å². The van der Waals surface area contributed by atoms with Gasteiger partial charge in [0.15, 0.2) is 17.2 Å². The molecule has 0 unspecified atom stereocenters. The maximum atomic E-state index is 14.0. The fraction of sp³-hybridized carbons (Fsp3) is 0.240. The van der Waals surface area contributed by atoms with Gasteiger partial charge in [-0.3, -0.25) is 9.59 Å². The van der Waals surface area contributed by atoms with E-state index < -0.39 is 0 Å². The van der Waals surface area contributed by atoms with Crippen molar-refractivity contribution in [2.45, 2.75) is 26.4 Å². The maximum Gasteiger partial charge on any atom is 0.279 e. The summed E-state index contributed by atoms with van der Waals surface area (Å²) >= 11 is 1.58. The fourth-order valence-electron chi connectivity index (χ4n) is 3.88. The summed E-state index contributed by atoms with van der Waals surface area (Å²) in [6.07, 6.45) is 0. The molecule has 0 fully saturated rings. The molecule has 1 aliphatic heterocycles. The minimum absolute atomic E-state index is 0.186. The molecule has 0 N–H and O–H groups in total. The molecular formula is C25H23N3O4S. The Morgan fingerprint density at radius 1 is 1.06 bits per heavy atom. The average molecular weight is 462 g/mol. The number of rotatable bonds is 5. The lowest BCUT2D eigenvalue weighted by Gasteiger charge is -2.25. The number of anilines is 1. The molecule has 1 aliphatic rings. The minimum Gasteiger partial charge on any atom is -0.486 e. The van der Waals surface area contributed by atoms with Gasteiger partial charge in [0.25, 0.3) is 11.5 Å². The summed E-state index contributed by atoms with van der Waals surface area (Å²) < 4.78 is 12.8. The number of hydrogen-bond acceptors (Lipinski definition) is 6. The smallest absolute Gasteiger partial charge is 0.279 e. The van der Waals surface area contributed by atoms with Crippen molar-refractivity contribution in [3.63, 3.8) is 0 Å². The second kappa shape index (κ2) is 8.71. The summed E-state index contributed by atoms with van der Waals surface area (Å²) in [6.45, 7) is 5.08. The van der Waals surface area contributed by atoms with Gasteiger partial charge >= 0.3 is 0 Å². The maximum absolute atomic E-state index is 14.0. The number of aromatic nitrogens is 2. The predicted octanol–water partition coefficient (Wildman–Crippen LogP) is 4.66. The minimum atomic E-state index is -0.286. The monoisotopic (exact) mass is 461 g/mol. The zero-order valence-electron chi connectivity index (χ0n) is 18.4. The van der Waals surface area contributed by atoms with Crippen molar-refractivity contribution >= 4 is 33.7 Å². The third kappa shape index (κ3) is 3.98. The molecule has 0 aliphatic carbocycles. The normalized spacial score (nSPS) is 12.8. The lowest BCUT2D eigenvalue weighted by atomic mass is 10.1. The first kappa shape index (κ1) is 21.2. The van der Waals surface area contributed by atoms with Crippen molar-refractivity contribution in [1.82, 2.24) is 9.78 Å². The molecule has 8 heteroatoms. The van der Waals surface area contributed by atoms with Crippen LogP contribution >= 0.6 is 11.3 Å².